The summed E-state index contributed by atoms with van der Waals surface area (Å²) >= 11 is 5.94. The first-order chi connectivity index (χ1) is 10.2. The number of amides is 1. The van der Waals surface area contributed by atoms with Gasteiger partial charge in [0.25, 0.3) is 5.91 Å². The van der Waals surface area contributed by atoms with Crippen molar-refractivity contribution in [1.82, 2.24) is 4.90 Å². The molecule has 2 rings (SSSR count). The van der Waals surface area contributed by atoms with Crippen LogP contribution in [0.1, 0.15) is 39.2 Å². The van der Waals surface area contributed by atoms with Crippen LogP contribution in [0.4, 0.5) is 0 Å². The van der Waals surface area contributed by atoms with Gasteiger partial charge in [0.15, 0.2) is 6.04 Å². The number of nitrogens with zero attached hydrogens (tertiary/aromatic N) is 1. The highest BCUT2D eigenvalue weighted by Crippen LogP contribution is 2.46. The first-order valence-electron chi connectivity index (χ1n) is 7.81. The van der Waals surface area contributed by atoms with Gasteiger partial charge in [-0.3, -0.25) is 4.79 Å². The molecule has 1 aromatic rings. The lowest BCUT2D eigenvalue weighted by atomic mass is 9.66. The highest BCUT2D eigenvalue weighted by molar-refractivity contribution is 6.30. The highest BCUT2D eigenvalue weighted by Gasteiger charge is 2.50. The van der Waals surface area contributed by atoms with Gasteiger partial charge < -0.3 is 15.7 Å². The van der Waals surface area contributed by atoms with Gasteiger partial charge >= 0.3 is 0 Å². The van der Waals surface area contributed by atoms with Crippen LogP contribution in [0.3, 0.4) is 0 Å². The molecular formula is C17H26ClN2O2+. The normalized spacial score (nSPS) is 25.8. The van der Waals surface area contributed by atoms with Gasteiger partial charge in [0.2, 0.25) is 0 Å². The highest BCUT2D eigenvalue weighted by atomic mass is 35.5. The molecule has 1 heterocycles. The summed E-state index contributed by atoms with van der Waals surface area (Å²) in [5.74, 6) is 0.0775. The number of hydrogen-bond donors (Lipinski definition) is 2. The number of rotatable bonds is 3. The zero-order valence-corrected chi connectivity index (χ0v) is 14.4. The molecule has 1 aromatic carbocycles. The van der Waals surface area contributed by atoms with E-state index in [9.17, 15) is 9.90 Å². The Labute approximate surface area is 137 Å². The van der Waals surface area contributed by atoms with E-state index in [-0.39, 0.29) is 11.9 Å². The Morgan fingerprint density at radius 1 is 1.41 bits per heavy atom. The van der Waals surface area contributed by atoms with Crippen molar-refractivity contribution in [3.05, 3.63) is 34.9 Å². The third kappa shape index (κ3) is 3.00. The molecule has 0 aromatic heterocycles. The van der Waals surface area contributed by atoms with Crippen molar-refractivity contribution in [2.24, 2.45) is 5.41 Å². The molecule has 4 N–H and O–H groups in total. The van der Waals surface area contributed by atoms with Gasteiger partial charge in [-0.25, -0.2) is 0 Å². The third-order valence-electron chi connectivity index (χ3n) is 4.92. The molecule has 0 bridgehead atoms. The molecule has 122 valence electrons. The van der Waals surface area contributed by atoms with E-state index in [1.807, 2.05) is 37.8 Å². The quantitative estimate of drug-likeness (QED) is 0.890. The van der Waals surface area contributed by atoms with Crippen molar-refractivity contribution >= 4 is 17.5 Å². The van der Waals surface area contributed by atoms with Crippen LogP contribution in [0.5, 0.6) is 0 Å². The summed E-state index contributed by atoms with van der Waals surface area (Å²) in [6.45, 7) is 7.05. The van der Waals surface area contributed by atoms with Gasteiger partial charge in [0.1, 0.15) is 0 Å². The molecule has 22 heavy (non-hydrogen) atoms. The summed E-state index contributed by atoms with van der Waals surface area (Å²) in [6, 6.07) is 7.13. The summed E-state index contributed by atoms with van der Waals surface area (Å²) < 4.78 is 0. The van der Waals surface area contributed by atoms with E-state index in [0.717, 1.165) is 12.0 Å². The number of halogens is 1. The van der Waals surface area contributed by atoms with Crippen LogP contribution in [0.25, 0.3) is 0 Å². The topological polar surface area (TPSA) is 68.2 Å². The number of aliphatic hydroxyl groups is 1. The number of carbonyl (C=O) groups is 1. The lowest BCUT2D eigenvalue weighted by Gasteiger charge is -2.50. The van der Waals surface area contributed by atoms with E-state index >= 15 is 0 Å². The summed E-state index contributed by atoms with van der Waals surface area (Å²) in [6.07, 6.45) is 1.25. The molecule has 2 atom stereocenters. The standard InChI is InChI=1S/C17H25ClN2O2/c1-4-14(19)15(21)20-10-9-17(22,16(2,3)11-20)12-5-7-13(18)8-6-12/h5-8,14,22H,4,9-11,19H2,1-3H3/p+1/t14-,17+/m1/s1. The summed E-state index contributed by atoms with van der Waals surface area (Å²) in [5, 5.41) is 11.9. The van der Waals surface area contributed by atoms with Gasteiger partial charge in [0.05, 0.1) is 5.60 Å². The zero-order valence-electron chi connectivity index (χ0n) is 13.6. The Bertz CT molecular complexity index is 544. The minimum atomic E-state index is -0.961. The first kappa shape index (κ1) is 17.3. The molecule has 1 saturated heterocycles. The molecule has 1 fully saturated rings. The van der Waals surface area contributed by atoms with Crippen LogP contribution in [0.2, 0.25) is 5.02 Å². The Kier molecular flexibility index (Phi) is 4.85. The van der Waals surface area contributed by atoms with E-state index < -0.39 is 11.0 Å². The molecule has 0 spiro atoms. The Morgan fingerprint density at radius 2 is 2.00 bits per heavy atom. The van der Waals surface area contributed by atoms with Crippen LogP contribution < -0.4 is 5.73 Å². The number of quaternary nitrogens is 1. The van der Waals surface area contributed by atoms with E-state index in [1.165, 1.54) is 0 Å². The molecule has 0 saturated carbocycles. The van der Waals surface area contributed by atoms with Crippen LogP contribution in [0.15, 0.2) is 24.3 Å². The van der Waals surface area contributed by atoms with Crippen molar-refractivity contribution in [2.45, 2.75) is 45.3 Å². The summed E-state index contributed by atoms with van der Waals surface area (Å²) in [4.78, 5) is 14.2. The molecule has 1 aliphatic rings. The van der Waals surface area contributed by atoms with Gasteiger partial charge in [-0.15, -0.1) is 0 Å². The van der Waals surface area contributed by atoms with Crippen molar-refractivity contribution in [2.75, 3.05) is 13.1 Å². The summed E-state index contributed by atoms with van der Waals surface area (Å²) in [5.41, 5.74) is 3.37. The second kappa shape index (κ2) is 6.19. The number of benzene rings is 1. The van der Waals surface area contributed by atoms with Crippen molar-refractivity contribution in [1.29, 1.82) is 0 Å². The minimum Gasteiger partial charge on any atom is -0.384 e. The molecule has 1 amide bonds. The predicted molar refractivity (Wildman–Crippen MR) is 87.3 cm³/mol. The number of hydrogen-bond acceptors (Lipinski definition) is 2. The molecule has 0 unspecified atom stereocenters. The van der Waals surface area contributed by atoms with E-state index in [2.05, 4.69) is 5.73 Å². The van der Waals surface area contributed by atoms with Gasteiger partial charge in [-0.1, -0.05) is 44.5 Å². The smallest absolute Gasteiger partial charge is 0.280 e. The van der Waals surface area contributed by atoms with Crippen LogP contribution in [0, 0.1) is 5.41 Å². The van der Waals surface area contributed by atoms with Crippen molar-refractivity contribution in [3.8, 4) is 0 Å². The molecular weight excluding hydrogens is 300 g/mol. The fourth-order valence-electron chi connectivity index (χ4n) is 3.20. The predicted octanol–water partition coefficient (Wildman–Crippen LogP) is 1.81. The first-order valence-corrected chi connectivity index (χ1v) is 8.19. The Hall–Kier alpha value is -1.10. The summed E-state index contributed by atoms with van der Waals surface area (Å²) in [7, 11) is 0. The average molecular weight is 326 g/mol. The number of piperidine rings is 1. The molecule has 4 nitrogen and oxygen atoms in total. The lowest BCUT2D eigenvalue weighted by Crippen LogP contribution is -2.69. The largest absolute Gasteiger partial charge is 0.384 e. The Balaban J connectivity index is 2.24. The van der Waals surface area contributed by atoms with Gasteiger partial charge in [-0.2, -0.15) is 0 Å². The van der Waals surface area contributed by atoms with Crippen LogP contribution >= 0.6 is 11.6 Å². The van der Waals surface area contributed by atoms with Crippen molar-refractivity contribution in [3.63, 3.8) is 0 Å². The third-order valence-corrected chi connectivity index (χ3v) is 5.18. The van der Waals surface area contributed by atoms with Gasteiger partial charge in [0, 0.05) is 29.9 Å². The van der Waals surface area contributed by atoms with Crippen LogP contribution in [-0.4, -0.2) is 35.0 Å². The van der Waals surface area contributed by atoms with E-state index in [1.54, 1.807) is 12.1 Å². The lowest BCUT2D eigenvalue weighted by molar-refractivity contribution is -0.406. The number of carbonyl (C=O) groups excluding carboxylic acids is 1. The monoisotopic (exact) mass is 325 g/mol. The fourth-order valence-corrected chi connectivity index (χ4v) is 3.33. The maximum atomic E-state index is 12.4. The minimum absolute atomic E-state index is 0.0775. The fraction of sp³-hybridized carbons (Fsp3) is 0.588. The second-order valence-electron chi connectivity index (χ2n) is 6.87. The Morgan fingerprint density at radius 3 is 2.50 bits per heavy atom. The molecule has 5 heteroatoms. The second-order valence-corrected chi connectivity index (χ2v) is 7.30. The maximum Gasteiger partial charge on any atom is 0.280 e. The SMILES string of the molecule is CC[C@@H]([NH3+])C(=O)N1CC[C@](O)(c2ccc(Cl)cc2)C(C)(C)C1. The molecule has 1 aliphatic heterocycles. The molecule has 0 radical (unpaired) electrons. The van der Waals surface area contributed by atoms with Gasteiger partial charge in [-0.05, 0) is 24.1 Å². The molecule has 0 aliphatic carbocycles. The maximum absolute atomic E-state index is 12.4. The average Bonchev–Trinajstić information content (AvgIpc) is 2.49. The van der Waals surface area contributed by atoms with E-state index in [0.29, 0.717) is 24.5 Å². The van der Waals surface area contributed by atoms with Crippen molar-refractivity contribution < 1.29 is 15.6 Å². The number of likely N-dealkylation sites (tertiary alicyclic amines) is 1. The van der Waals surface area contributed by atoms with E-state index in [4.69, 9.17) is 11.6 Å². The zero-order chi connectivity index (χ0) is 16.5. The van der Waals surface area contributed by atoms with Crippen LogP contribution in [-0.2, 0) is 10.4 Å².